The first-order valence-electron chi connectivity index (χ1n) is 5.85. The van der Waals surface area contributed by atoms with Crippen molar-refractivity contribution in [3.8, 4) is 0 Å². The Balaban J connectivity index is 2.28. The van der Waals surface area contributed by atoms with Gasteiger partial charge in [0.15, 0.2) is 0 Å². The maximum Gasteiger partial charge on any atom is 0.258 e. The number of nitrogens with zero attached hydrogens (tertiary/aromatic N) is 2. The van der Waals surface area contributed by atoms with Gasteiger partial charge in [-0.2, -0.15) is 0 Å². The maximum atomic E-state index is 11.8. The van der Waals surface area contributed by atoms with Gasteiger partial charge in [-0.3, -0.25) is 9.80 Å². The van der Waals surface area contributed by atoms with Crippen molar-refractivity contribution in [2.75, 3.05) is 11.4 Å². The number of para-hydroxylation sites is 1. The maximum absolute atomic E-state index is 11.8. The average Bonchev–Trinajstić information content (AvgIpc) is 2.63. The number of hydrazine groups is 1. The molecule has 0 saturated carbocycles. The lowest BCUT2D eigenvalue weighted by Gasteiger charge is -2.43. The molecular formula is C13H17N3O. The second-order valence-electron chi connectivity index (χ2n) is 5.51. The number of hydrogen-bond donors (Lipinski definition) is 1. The summed E-state index contributed by atoms with van der Waals surface area (Å²) in [5.41, 5.74) is 1.74. The fraction of sp³-hybridized carbons (Fsp3) is 0.462. The number of carbonyl (C=O) groups excluding carboxylic acids is 1. The Hall–Kier alpha value is -1.55. The predicted molar refractivity (Wildman–Crippen MR) is 66.3 cm³/mol. The minimum Gasteiger partial charge on any atom is -0.337 e. The Morgan fingerprint density at radius 1 is 1.24 bits per heavy atom. The summed E-state index contributed by atoms with van der Waals surface area (Å²) in [7, 11) is 0. The van der Waals surface area contributed by atoms with E-state index in [-0.39, 0.29) is 11.3 Å². The molecule has 17 heavy (non-hydrogen) atoms. The number of rotatable bonds is 0. The van der Waals surface area contributed by atoms with Gasteiger partial charge in [0.25, 0.3) is 5.91 Å². The molecule has 2 N–H and O–H groups in total. The lowest BCUT2D eigenvalue weighted by molar-refractivity contribution is -0.131. The monoisotopic (exact) mass is 231 g/mol. The van der Waals surface area contributed by atoms with Crippen LogP contribution in [0.1, 0.15) is 26.3 Å². The van der Waals surface area contributed by atoms with Crippen molar-refractivity contribution in [3.05, 3.63) is 29.8 Å². The average molecular weight is 231 g/mol. The number of nitrogens with two attached hydrogens (primary N) is 1. The van der Waals surface area contributed by atoms with E-state index in [0.29, 0.717) is 6.54 Å². The summed E-state index contributed by atoms with van der Waals surface area (Å²) >= 11 is 0. The van der Waals surface area contributed by atoms with Crippen molar-refractivity contribution in [1.82, 2.24) is 5.01 Å². The Morgan fingerprint density at radius 3 is 2.59 bits per heavy atom. The van der Waals surface area contributed by atoms with Gasteiger partial charge in [-0.05, 0) is 18.6 Å². The van der Waals surface area contributed by atoms with Gasteiger partial charge in [-0.15, -0.1) is 0 Å². The molecule has 4 heteroatoms. The second-order valence-corrected chi connectivity index (χ2v) is 5.51. The summed E-state index contributed by atoms with van der Waals surface area (Å²) in [6.07, 6.45) is 0. The van der Waals surface area contributed by atoms with Crippen LogP contribution in [0.25, 0.3) is 0 Å². The molecule has 1 fully saturated rings. The van der Waals surface area contributed by atoms with Crippen LogP contribution in [-0.4, -0.2) is 23.1 Å². The molecule has 1 aromatic rings. The number of benzene rings is 1. The highest BCUT2D eigenvalue weighted by atomic mass is 16.2. The molecule has 1 saturated heterocycles. The Bertz CT molecular complexity index is 511. The van der Waals surface area contributed by atoms with Gasteiger partial charge in [-0.25, -0.2) is 5.84 Å². The van der Waals surface area contributed by atoms with Crippen molar-refractivity contribution >= 4 is 11.6 Å². The number of amides is 1. The molecule has 2 aliphatic rings. The van der Waals surface area contributed by atoms with Crippen LogP contribution in [-0.2, 0) is 10.2 Å². The molecule has 90 valence electrons. The van der Waals surface area contributed by atoms with E-state index in [4.69, 9.17) is 5.84 Å². The molecule has 1 atom stereocenters. The topological polar surface area (TPSA) is 49.6 Å². The number of carbonyl (C=O) groups is 1. The third-order valence-corrected chi connectivity index (χ3v) is 4.61. The summed E-state index contributed by atoms with van der Waals surface area (Å²) in [6, 6.07) is 8.23. The highest BCUT2D eigenvalue weighted by Gasteiger charge is 2.61. The van der Waals surface area contributed by atoms with E-state index in [1.54, 1.807) is 0 Å². The fourth-order valence-corrected chi connectivity index (χ4v) is 3.19. The van der Waals surface area contributed by atoms with Gasteiger partial charge in [-0.1, -0.05) is 32.0 Å². The van der Waals surface area contributed by atoms with Gasteiger partial charge in [0.2, 0.25) is 0 Å². The minimum absolute atomic E-state index is 0.0184. The lowest BCUT2D eigenvalue weighted by Crippen LogP contribution is -2.61. The number of fused-ring (bicyclic) bond motifs is 3. The highest BCUT2D eigenvalue weighted by Crippen LogP contribution is 2.54. The summed E-state index contributed by atoms with van der Waals surface area (Å²) in [6.45, 7) is 6.69. The van der Waals surface area contributed by atoms with E-state index in [1.807, 2.05) is 19.1 Å². The number of hydrogen-bond acceptors (Lipinski definition) is 3. The SMILES string of the molecule is CC1(C)c2ccccc2N2CC(=O)N(N)[C@@]21C. The molecule has 0 bridgehead atoms. The molecule has 0 unspecified atom stereocenters. The van der Waals surface area contributed by atoms with Crippen LogP contribution in [0.5, 0.6) is 0 Å². The number of anilines is 1. The van der Waals surface area contributed by atoms with E-state index in [9.17, 15) is 4.79 Å². The third-order valence-electron chi connectivity index (χ3n) is 4.61. The zero-order valence-corrected chi connectivity index (χ0v) is 10.4. The molecule has 2 aliphatic heterocycles. The van der Waals surface area contributed by atoms with Gasteiger partial charge in [0.1, 0.15) is 12.2 Å². The van der Waals surface area contributed by atoms with Crippen LogP contribution in [0.3, 0.4) is 0 Å². The van der Waals surface area contributed by atoms with Crippen molar-refractivity contribution in [2.45, 2.75) is 31.8 Å². The van der Waals surface area contributed by atoms with Crippen molar-refractivity contribution < 1.29 is 4.79 Å². The fourth-order valence-electron chi connectivity index (χ4n) is 3.19. The van der Waals surface area contributed by atoms with Crippen LogP contribution >= 0.6 is 0 Å². The summed E-state index contributed by atoms with van der Waals surface area (Å²) in [4.78, 5) is 14.0. The van der Waals surface area contributed by atoms with Gasteiger partial charge in [0, 0.05) is 11.1 Å². The Kier molecular flexibility index (Phi) is 1.76. The van der Waals surface area contributed by atoms with E-state index < -0.39 is 5.66 Å². The van der Waals surface area contributed by atoms with E-state index in [0.717, 1.165) is 5.69 Å². The first kappa shape index (κ1) is 10.6. The standard InChI is InChI=1S/C13H17N3O/c1-12(2)9-6-4-5-7-10(9)15-8-11(17)16(14)13(12,15)3/h4-7H,8,14H2,1-3H3/t13-/m1/s1. The van der Waals surface area contributed by atoms with Crippen molar-refractivity contribution in [1.29, 1.82) is 0 Å². The molecule has 2 heterocycles. The van der Waals surface area contributed by atoms with Crippen LogP contribution in [0.15, 0.2) is 24.3 Å². The molecule has 0 radical (unpaired) electrons. The smallest absolute Gasteiger partial charge is 0.258 e. The summed E-state index contributed by atoms with van der Waals surface area (Å²) in [5.74, 6) is 5.98. The Morgan fingerprint density at radius 2 is 1.88 bits per heavy atom. The van der Waals surface area contributed by atoms with Gasteiger partial charge in [0.05, 0.1) is 0 Å². The lowest BCUT2D eigenvalue weighted by atomic mass is 9.76. The minimum atomic E-state index is -0.465. The molecule has 1 amide bonds. The van der Waals surface area contributed by atoms with Crippen LogP contribution in [0.4, 0.5) is 5.69 Å². The quantitative estimate of drug-likeness (QED) is 0.539. The van der Waals surface area contributed by atoms with Crippen molar-refractivity contribution in [3.63, 3.8) is 0 Å². The second kappa shape index (κ2) is 2.82. The molecule has 0 spiro atoms. The molecule has 4 nitrogen and oxygen atoms in total. The predicted octanol–water partition coefficient (Wildman–Crippen LogP) is 1.22. The van der Waals surface area contributed by atoms with Crippen molar-refractivity contribution in [2.24, 2.45) is 5.84 Å². The first-order chi connectivity index (χ1) is 7.90. The first-order valence-corrected chi connectivity index (χ1v) is 5.85. The van der Waals surface area contributed by atoms with Gasteiger partial charge >= 0.3 is 0 Å². The zero-order chi connectivity index (χ0) is 12.4. The van der Waals surface area contributed by atoms with Crippen LogP contribution in [0.2, 0.25) is 0 Å². The molecule has 0 aliphatic carbocycles. The van der Waals surface area contributed by atoms with Gasteiger partial charge < -0.3 is 4.90 Å². The van der Waals surface area contributed by atoms with E-state index in [1.165, 1.54) is 10.6 Å². The third kappa shape index (κ3) is 0.954. The molecule has 3 rings (SSSR count). The normalized spacial score (nSPS) is 29.5. The Labute approximate surface area is 101 Å². The zero-order valence-electron chi connectivity index (χ0n) is 10.4. The van der Waals surface area contributed by atoms with Crippen LogP contribution in [0, 0.1) is 0 Å². The van der Waals surface area contributed by atoms with E-state index in [2.05, 4.69) is 30.9 Å². The van der Waals surface area contributed by atoms with Crippen LogP contribution < -0.4 is 10.7 Å². The molecule has 0 aromatic heterocycles. The highest BCUT2D eigenvalue weighted by molar-refractivity contribution is 5.89. The largest absolute Gasteiger partial charge is 0.337 e. The van der Waals surface area contributed by atoms with E-state index >= 15 is 0 Å². The summed E-state index contributed by atoms with van der Waals surface area (Å²) < 4.78 is 0. The summed E-state index contributed by atoms with van der Waals surface area (Å²) in [5, 5.41) is 1.40. The molecule has 1 aromatic carbocycles. The molecular weight excluding hydrogens is 214 g/mol.